The maximum Gasteiger partial charge on any atom is 0.159 e. The van der Waals surface area contributed by atoms with Crippen LogP contribution in [0.5, 0.6) is 5.75 Å². The van der Waals surface area contributed by atoms with Crippen molar-refractivity contribution in [2.24, 2.45) is 0 Å². The largest absolute Gasteiger partial charge is 0.490 e. The smallest absolute Gasteiger partial charge is 0.159 e. The van der Waals surface area contributed by atoms with Gasteiger partial charge in [0.05, 0.1) is 6.61 Å². The summed E-state index contributed by atoms with van der Waals surface area (Å²) < 4.78 is 11.5. The summed E-state index contributed by atoms with van der Waals surface area (Å²) in [4.78, 5) is 16.2. The predicted molar refractivity (Wildman–Crippen MR) is 102 cm³/mol. The van der Waals surface area contributed by atoms with Crippen LogP contribution >= 0.6 is 0 Å². The van der Waals surface area contributed by atoms with Crippen LogP contribution in [0.1, 0.15) is 36.2 Å². The Morgan fingerprint density at radius 3 is 2.65 bits per heavy atom. The van der Waals surface area contributed by atoms with Crippen LogP contribution in [0.2, 0.25) is 0 Å². The number of ether oxygens (including phenoxy) is 2. The molecule has 6 heteroatoms. The molecular formula is C20H32N2O4. The molecule has 1 aliphatic rings. The van der Waals surface area contributed by atoms with E-state index < -0.39 is 6.10 Å². The Morgan fingerprint density at radius 2 is 2.00 bits per heavy atom. The Morgan fingerprint density at radius 1 is 1.27 bits per heavy atom. The maximum atomic E-state index is 11.6. The van der Waals surface area contributed by atoms with Gasteiger partial charge in [-0.3, -0.25) is 9.69 Å². The third-order valence-electron chi connectivity index (χ3n) is 4.57. The number of piperazine rings is 1. The number of Topliss-reactive ketones (excluding diaryl/α,β-unsaturated/α-hetero) is 1. The van der Waals surface area contributed by atoms with Crippen LogP contribution in [0.3, 0.4) is 0 Å². The number of aliphatic hydroxyl groups is 1. The average Bonchev–Trinajstić information content (AvgIpc) is 2.62. The summed E-state index contributed by atoms with van der Waals surface area (Å²) in [6, 6.07) is 5.37. The first-order valence-electron chi connectivity index (χ1n) is 9.43. The number of β-amino-alcohol motifs (C(OH)–C–C–N with tert-alkyl or cyclic N) is 1. The summed E-state index contributed by atoms with van der Waals surface area (Å²) in [5.74, 6) is 0.687. The van der Waals surface area contributed by atoms with Gasteiger partial charge in [0, 0.05) is 50.5 Å². The molecule has 0 radical (unpaired) electrons. The first-order chi connectivity index (χ1) is 12.5. The van der Waals surface area contributed by atoms with Crippen molar-refractivity contribution < 1.29 is 19.4 Å². The lowest BCUT2D eigenvalue weighted by atomic mass is 10.1. The summed E-state index contributed by atoms with van der Waals surface area (Å²) in [6.07, 6.45) is 0.391. The monoisotopic (exact) mass is 364 g/mol. The Balaban J connectivity index is 1.90. The van der Waals surface area contributed by atoms with E-state index >= 15 is 0 Å². The van der Waals surface area contributed by atoms with Gasteiger partial charge in [-0.1, -0.05) is 6.92 Å². The molecule has 1 aliphatic heterocycles. The highest BCUT2D eigenvalue weighted by atomic mass is 16.5. The molecule has 0 saturated carbocycles. The molecule has 1 aromatic rings. The summed E-state index contributed by atoms with van der Waals surface area (Å²) in [6.45, 7) is 9.50. The van der Waals surface area contributed by atoms with Gasteiger partial charge in [-0.15, -0.1) is 0 Å². The normalized spacial score (nSPS) is 17.2. The number of rotatable bonds is 10. The molecule has 1 unspecified atom stereocenters. The first-order valence-corrected chi connectivity index (χ1v) is 9.43. The minimum atomic E-state index is -0.546. The van der Waals surface area contributed by atoms with E-state index in [1.807, 2.05) is 6.07 Å². The Hall–Kier alpha value is -1.47. The molecule has 1 N–H and O–H groups in total. The topological polar surface area (TPSA) is 62.2 Å². The Bertz CT molecular complexity index is 571. The molecule has 0 aromatic heterocycles. The molecule has 1 atom stereocenters. The quantitative estimate of drug-likeness (QED) is 0.505. The van der Waals surface area contributed by atoms with E-state index in [4.69, 9.17) is 9.47 Å². The fraction of sp³-hybridized carbons (Fsp3) is 0.650. The average molecular weight is 364 g/mol. The third-order valence-corrected chi connectivity index (χ3v) is 4.57. The van der Waals surface area contributed by atoms with E-state index in [1.54, 1.807) is 19.1 Å². The number of carbonyl (C=O) groups excluding carboxylic acids is 1. The van der Waals surface area contributed by atoms with Gasteiger partial charge in [-0.05, 0) is 38.6 Å². The molecule has 0 amide bonds. The van der Waals surface area contributed by atoms with Gasteiger partial charge in [0.2, 0.25) is 0 Å². The van der Waals surface area contributed by atoms with Crippen molar-refractivity contribution in [2.75, 3.05) is 53.0 Å². The number of likely N-dealkylation sites (N-methyl/N-ethyl adjacent to an activating group) is 1. The highest BCUT2D eigenvalue weighted by Gasteiger charge is 2.18. The zero-order valence-electron chi connectivity index (χ0n) is 16.2. The SMILES string of the molecule is CCCOCc1cc(C(C)=O)ccc1OCC(O)CN1CCN(C)CC1. The molecular weight excluding hydrogens is 332 g/mol. The van der Waals surface area contributed by atoms with Crippen LogP contribution < -0.4 is 4.74 Å². The molecule has 1 fully saturated rings. The summed E-state index contributed by atoms with van der Waals surface area (Å²) in [7, 11) is 2.11. The molecule has 1 heterocycles. The number of carbonyl (C=O) groups is 1. The summed E-state index contributed by atoms with van der Waals surface area (Å²) >= 11 is 0. The predicted octanol–water partition coefficient (Wildman–Crippen LogP) is 1.80. The van der Waals surface area contributed by atoms with Crippen molar-refractivity contribution in [3.63, 3.8) is 0 Å². The number of nitrogens with zero attached hydrogens (tertiary/aromatic N) is 2. The molecule has 0 aliphatic carbocycles. The summed E-state index contributed by atoms with van der Waals surface area (Å²) in [5.41, 5.74) is 1.49. The van der Waals surface area contributed by atoms with Crippen LogP contribution in [-0.4, -0.2) is 79.8 Å². The number of aliphatic hydroxyl groups excluding tert-OH is 1. The Kier molecular flexibility index (Phi) is 8.51. The van der Waals surface area contributed by atoms with Gasteiger partial charge in [0.1, 0.15) is 18.5 Å². The first kappa shape index (κ1) is 20.8. The standard InChI is InChI=1S/C20H32N2O4/c1-4-11-25-14-18-12-17(16(2)23)5-6-20(18)26-15-19(24)13-22-9-7-21(3)8-10-22/h5-6,12,19,24H,4,7-11,13-15H2,1-3H3. The molecule has 1 saturated heterocycles. The van der Waals surface area contributed by atoms with Crippen molar-refractivity contribution in [3.05, 3.63) is 29.3 Å². The minimum absolute atomic E-state index is 0.0170. The second kappa shape index (κ2) is 10.6. The van der Waals surface area contributed by atoms with E-state index in [9.17, 15) is 9.90 Å². The van der Waals surface area contributed by atoms with Crippen molar-refractivity contribution >= 4 is 5.78 Å². The van der Waals surface area contributed by atoms with E-state index in [0.29, 0.717) is 31.1 Å². The number of ketones is 1. The molecule has 1 aromatic carbocycles. The molecule has 0 spiro atoms. The van der Waals surface area contributed by atoms with Crippen molar-refractivity contribution in [1.29, 1.82) is 0 Å². The third kappa shape index (κ3) is 6.68. The highest BCUT2D eigenvalue weighted by Crippen LogP contribution is 2.22. The zero-order chi connectivity index (χ0) is 18.9. The Labute approximate surface area is 156 Å². The van der Waals surface area contributed by atoms with Gasteiger partial charge < -0.3 is 19.5 Å². The second-order valence-corrected chi connectivity index (χ2v) is 7.00. The molecule has 2 rings (SSSR count). The van der Waals surface area contributed by atoms with E-state index in [-0.39, 0.29) is 12.4 Å². The van der Waals surface area contributed by atoms with Gasteiger partial charge in [0.25, 0.3) is 0 Å². The van der Waals surface area contributed by atoms with E-state index in [1.165, 1.54) is 0 Å². The van der Waals surface area contributed by atoms with Crippen LogP contribution in [0, 0.1) is 0 Å². The van der Waals surface area contributed by atoms with Crippen LogP contribution in [0.4, 0.5) is 0 Å². The summed E-state index contributed by atoms with van der Waals surface area (Å²) in [5, 5.41) is 10.3. The van der Waals surface area contributed by atoms with Gasteiger partial charge in [0.15, 0.2) is 5.78 Å². The van der Waals surface area contributed by atoms with Gasteiger partial charge in [-0.25, -0.2) is 0 Å². The molecule has 146 valence electrons. The fourth-order valence-corrected chi connectivity index (χ4v) is 2.95. The lowest BCUT2D eigenvalue weighted by Crippen LogP contribution is -2.47. The second-order valence-electron chi connectivity index (χ2n) is 7.00. The molecule has 0 bridgehead atoms. The number of hydrogen-bond acceptors (Lipinski definition) is 6. The minimum Gasteiger partial charge on any atom is -0.490 e. The van der Waals surface area contributed by atoms with Gasteiger partial charge >= 0.3 is 0 Å². The number of benzene rings is 1. The lowest BCUT2D eigenvalue weighted by molar-refractivity contribution is 0.0491. The zero-order valence-corrected chi connectivity index (χ0v) is 16.2. The maximum absolute atomic E-state index is 11.6. The van der Waals surface area contributed by atoms with Crippen molar-refractivity contribution in [2.45, 2.75) is 33.0 Å². The van der Waals surface area contributed by atoms with Crippen LogP contribution in [0.15, 0.2) is 18.2 Å². The van der Waals surface area contributed by atoms with Crippen LogP contribution in [-0.2, 0) is 11.3 Å². The lowest BCUT2D eigenvalue weighted by Gasteiger charge is -2.33. The van der Waals surface area contributed by atoms with E-state index in [2.05, 4.69) is 23.8 Å². The molecule has 26 heavy (non-hydrogen) atoms. The van der Waals surface area contributed by atoms with Crippen molar-refractivity contribution in [1.82, 2.24) is 9.80 Å². The number of hydrogen-bond donors (Lipinski definition) is 1. The van der Waals surface area contributed by atoms with Crippen molar-refractivity contribution in [3.8, 4) is 5.75 Å². The van der Waals surface area contributed by atoms with E-state index in [0.717, 1.165) is 38.2 Å². The van der Waals surface area contributed by atoms with Crippen LogP contribution in [0.25, 0.3) is 0 Å². The molecule has 6 nitrogen and oxygen atoms in total. The fourth-order valence-electron chi connectivity index (χ4n) is 2.95. The highest BCUT2D eigenvalue weighted by molar-refractivity contribution is 5.94. The van der Waals surface area contributed by atoms with Gasteiger partial charge in [-0.2, -0.15) is 0 Å².